The van der Waals surface area contributed by atoms with E-state index in [2.05, 4.69) is 5.32 Å². The summed E-state index contributed by atoms with van der Waals surface area (Å²) in [5.74, 6) is 0. The van der Waals surface area contributed by atoms with Gasteiger partial charge in [0.25, 0.3) is 0 Å². The summed E-state index contributed by atoms with van der Waals surface area (Å²) in [6.45, 7) is 0.724. The molecule has 4 N–H and O–H groups in total. The summed E-state index contributed by atoms with van der Waals surface area (Å²) in [7, 11) is 0. The van der Waals surface area contributed by atoms with Crippen LogP contribution in [0.4, 0.5) is 4.39 Å². The smallest absolute Gasteiger partial charge is 0.117 e. The fraction of sp³-hybridized carbons (Fsp3) is 1.00. The van der Waals surface area contributed by atoms with Crippen LogP contribution in [-0.2, 0) is 0 Å². The van der Waals surface area contributed by atoms with Crippen molar-refractivity contribution in [2.75, 3.05) is 26.3 Å². The van der Waals surface area contributed by atoms with Crippen molar-refractivity contribution in [3.8, 4) is 0 Å². The van der Waals surface area contributed by atoms with Crippen LogP contribution in [0.1, 0.15) is 0 Å². The Morgan fingerprint density at radius 2 is 2.33 bits per heavy atom. The molecule has 0 heterocycles. The Labute approximate surface area is 54.0 Å². The van der Waals surface area contributed by atoms with Gasteiger partial charge in [-0.25, -0.2) is 4.39 Å². The quantitative estimate of drug-likeness (QED) is 0.419. The van der Waals surface area contributed by atoms with Crippen LogP contribution in [0.5, 0.6) is 0 Å². The minimum absolute atomic E-state index is 0.285. The summed E-state index contributed by atoms with van der Waals surface area (Å²) >= 11 is 0. The first-order valence-electron chi connectivity index (χ1n) is 2.96. The first kappa shape index (κ1) is 8.81. The molecular weight excluding hydrogens is 123 g/mol. The van der Waals surface area contributed by atoms with E-state index in [9.17, 15) is 4.39 Å². The van der Waals surface area contributed by atoms with Crippen LogP contribution in [0.25, 0.3) is 0 Å². The summed E-state index contributed by atoms with van der Waals surface area (Å²) in [5.41, 5.74) is 5.12. The maximum Gasteiger partial charge on any atom is 0.117 e. The van der Waals surface area contributed by atoms with Crippen molar-refractivity contribution in [1.29, 1.82) is 0 Å². The molecule has 0 spiro atoms. The normalized spacial score (nSPS) is 13.7. The highest BCUT2D eigenvalue weighted by Gasteiger charge is 1.99. The molecule has 4 heteroatoms. The van der Waals surface area contributed by atoms with Crippen molar-refractivity contribution < 1.29 is 9.50 Å². The van der Waals surface area contributed by atoms with Crippen LogP contribution in [0.3, 0.4) is 0 Å². The Kier molecular flexibility index (Phi) is 5.81. The summed E-state index contributed by atoms with van der Waals surface area (Å²) in [5, 5.41) is 11.4. The van der Waals surface area contributed by atoms with Gasteiger partial charge in [-0.3, -0.25) is 0 Å². The highest BCUT2D eigenvalue weighted by molar-refractivity contribution is 4.56. The van der Waals surface area contributed by atoms with E-state index in [1.807, 2.05) is 0 Å². The zero-order chi connectivity index (χ0) is 7.11. The standard InChI is InChI=1S/C5H13FN2O/c6-3-5(9)4-8-2-1-7/h5,8-9H,1-4,7H2. The number of aliphatic hydroxyl groups excluding tert-OH is 1. The van der Waals surface area contributed by atoms with Gasteiger partial charge in [-0.2, -0.15) is 0 Å². The van der Waals surface area contributed by atoms with Crippen molar-refractivity contribution >= 4 is 0 Å². The summed E-state index contributed by atoms with van der Waals surface area (Å²) in [6.07, 6.45) is -0.878. The second-order valence-corrected chi connectivity index (χ2v) is 1.80. The van der Waals surface area contributed by atoms with Gasteiger partial charge in [-0.05, 0) is 0 Å². The zero-order valence-electron chi connectivity index (χ0n) is 5.31. The Hall–Kier alpha value is -0.190. The fourth-order valence-electron chi connectivity index (χ4n) is 0.425. The lowest BCUT2D eigenvalue weighted by molar-refractivity contribution is 0.138. The molecular formula is C5H13FN2O. The minimum Gasteiger partial charge on any atom is -0.389 e. The number of alkyl halides is 1. The average Bonchev–Trinajstić information content (AvgIpc) is 1.89. The Morgan fingerprint density at radius 1 is 1.67 bits per heavy atom. The SMILES string of the molecule is NCCNCC(O)CF. The molecule has 0 rings (SSSR count). The predicted octanol–water partition coefficient (Wildman–Crippen LogP) is -1.13. The van der Waals surface area contributed by atoms with Crippen LogP contribution >= 0.6 is 0 Å². The maximum absolute atomic E-state index is 11.5. The van der Waals surface area contributed by atoms with E-state index < -0.39 is 12.8 Å². The molecule has 0 fully saturated rings. The van der Waals surface area contributed by atoms with E-state index in [-0.39, 0.29) is 6.54 Å². The molecule has 0 bridgehead atoms. The number of rotatable bonds is 5. The Bertz CT molecular complexity index is 62.9. The first-order chi connectivity index (χ1) is 4.31. The van der Waals surface area contributed by atoms with Crippen molar-refractivity contribution in [3.63, 3.8) is 0 Å². The van der Waals surface area contributed by atoms with Gasteiger partial charge >= 0.3 is 0 Å². The molecule has 0 aromatic heterocycles. The molecule has 0 amide bonds. The van der Waals surface area contributed by atoms with Crippen LogP contribution in [0.2, 0.25) is 0 Å². The van der Waals surface area contributed by atoms with Gasteiger partial charge < -0.3 is 16.2 Å². The number of nitrogens with one attached hydrogen (secondary N) is 1. The van der Waals surface area contributed by atoms with E-state index in [0.29, 0.717) is 13.1 Å². The highest BCUT2D eigenvalue weighted by atomic mass is 19.1. The lowest BCUT2D eigenvalue weighted by atomic mass is 10.4. The Morgan fingerprint density at radius 3 is 2.78 bits per heavy atom. The van der Waals surface area contributed by atoms with Crippen molar-refractivity contribution in [2.24, 2.45) is 5.73 Å². The third-order valence-corrected chi connectivity index (χ3v) is 0.879. The van der Waals surface area contributed by atoms with Crippen LogP contribution < -0.4 is 11.1 Å². The van der Waals surface area contributed by atoms with E-state index in [1.54, 1.807) is 0 Å². The van der Waals surface area contributed by atoms with Gasteiger partial charge in [0.15, 0.2) is 0 Å². The number of aliphatic hydroxyl groups is 1. The number of hydrogen-bond donors (Lipinski definition) is 3. The van der Waals surface area contributed by atoms with Crippen molar-refractivity contribution in [3.05, 3.63) is 0 Å². The number of halogens is 1. The lowest BCUT2D eigenvalue weighted by Crippen LogP contribution is -2.31. The van der Waals surface area contributed by atoms with Gasteiger partial charge in [-0.1, -0.05) is 0 Å². The fourth-order valence-corrected chi connectivity index (χ4v) is 0.425. The molecule has 0 aliphatic carbocycles. The van der Waals surface area contributed by atoms with Crippen LogP contribution in [0.15, 0.2) is 0 Å². The third kappa shape index (κ3) is 5.68. The molecule has 0 aliphatic rings. The summed E-state index contributed by atoms with van der Waals surface area (Å²) in [4.78, 5) is 0. The summed E-state index contributed by atoms with van der Waals surface area (Å²) in [6, 6.07) is 0. The molecule has 0 aromatic rings. The molecule has 56 valence electrons. The van der Waals surface area contributed by atoms with Crippen LogP contribution in [0, 0.1) is 0 Å². The topological polar surface area (TPSA) is 58.3 Å². The second-order valence-electron chi connectivity index (χ2n) is 1.80. The lowest BCUT2D eigenvalue weighted by Gasteiger charge is -2.05. The van der Waals surface area contributed by atoms with Gasteiger partial charge in [0.1, 0.15) is 6.67 Å². The van der Waals surface area contributed by atoms with E-state index in [1.165, 1.54) is 0 Å². The Balaban J connectivity index is 2.88. The van der Waals surface area contributed by atoms with Crippen LogP contribution in [-0.4, -0.2) is 37.5 Å². The monoisotopic (exact) mass is 136 g/mol. The molecule has 3 nitrogen and oxygen atoms in total. The van der Waals surface area contributed by atoms with Gasteiger partial charge in [0.05, 0.1) is 6.10 Å². The first-order valence-corrected chi connectivity index (χ1v) is 2.96. The van der Waals surface area contributed by atoms with Crippen molar-refractivity contribution in [1.82, 2.24) is 5.32 Å². The number of nitrogens with two attached hydrogens (primary N) is 1. The maximum atomic E-state index is 11.5. The summed E-state index contributed by atoms with van der Waals surface area (Å²) < 4.78 is 11.5. The zero-order valence-corrected chi connectivity index (χ0v) is 5.31. The highest BCUT2D eigenvalue weighted by Crippen LogP contribution is 1.79. The van der Waals surface area contributed by atoms with Gasteiger partial charge in [0.2, 0.25) is 0 Å². The van der Waals surface area contributed by atoms with Crippen molar-refractivity contribution in [2.45, 2.75) is 6.10 Å². The molecule has 0 saturated heterocycles. The molecule has 9 heavy (non-hydrogen) atoms. The largest absolute Gasteiger partial charge is 0.389 e. The van der Waals surface area contributed by atoms with Gasteiger partial charge in [-0.15, -0.1) is 0 Å². The molecule has 0 aromatic carbocycles. The minimum atomic E-state index is -0.878. The van der Waals surface area contributed by atoms with Gasteiger partial charge in [0, 0.05) is 19.6 Å². The molecule has 0 aliphatic heterocycles. The third-order valence-electron chi connectivity index (χ3n) is 0.879. The van der Waals surface area contributed by atoms with E-state index in [0.717, 1.165) is 0 Å². The second kappa shape index (κ2) is 5.94. The molecule has 0 saturated carbocycles. The molecule has 1 unspecified atom stereocenters. The average molecular weight is 136 g/mol. The molecule has 1 atom stereocenters. The van der Waals surface area contributed by atoms with E-state index >= 15 is 0 Å². The molecule has 0 radical (unpaired) electrons. The predicted molar refractivity (Wildman–Crippen MR) is 33.9 cm³/mol. The number of hydrogen-bond acceptors (Lipinski definition) is 3. The van der Waals surface area contributed by atoms with E-state index in [4.69, 9.17) is 10.8 Å².